The Morgan fingerprint density at radius 2 is 2.33 bits per heavy atom. The number of hydrogen-bond donors (Lipinski definition) is 0. The maximum absolute atomic E-state index is 11.1. The second-order valence-corrected chi connectivity index (χ2v) is 5.22. The average Bonchev–Trinajstić information content (AvgIpc) is 2.24. The normalized spacial score (nSPS) is 35.2. The van der Waals surface area contributed by atoms with Crippen LogP contribution < -0.4 is 0 Å². The Labute approximate surface area is 78.1 Å². The lowest BCUT2D eigenvalue weighted by Gasteiger charge is -2.20. The molecule has 0 aliphatic carbocycles. The molecular formula is C9H16O2S. The van der Waals surface area contributed by atoms with Crippen LogP contribution in [-0.4, -0.2) is 16.2 Å². The number of thioether (sulfide) groups is 1. The van der Waals surface area contributed by atoms with Crippen molar-refractivity contribution in [3.05, 3.63) is 0 Å². The molecule has 12 heavy (non-hydrogen) atoms. The smallest absolute Gasteiger partial charge is 0.320 e. The molecule has 0 spiro atoms. The fraction of sp³-hybridized carbons (Fsp3) is 0.889. The molecule has 1 aliphatic rings. The first kappa shape index (κ1) is 9.90. The summed E-state index contributed by atoms with van der Waals surface area (Å²) in [5, 5.41) is 0.0202. The predicted octanol–water partition coefficient (Wildman–Crippen LogP) is 2.57. The highest BCUT2D eigenvalue weighted by Gasteiger charge is 2.41. The lowest BCUT2D eigenvalue weighted by Crippen LogP contribution is -2.20. The molecule has 2 unspecified atom stereocenters. The highest BCUT2D eigenvalue weighted by molar-refractivity contribution is 8.02. The van der Waals surface area contributed by atoms with Crippen LogP contribution >= 0.6 is 11.8 Å². The molecule has 0 N–H and O–H groups in total. The second-order valence-electron chi connectivity index (χ2n) is 3.42. The van der Waals surface area contributed by atoms with Gasteiger partial charge in [-0.05, 0) is 26.7 Å². The van der Waals surface area contributed by atoms with E-state index < -0.39 is 0 Å². The Hall–Kier alpha value is -0.180. The minimum absolute atomic E-state index is 0.0202. The Kier molecular flexibility index (Phi) is 3.04. The zero-order valence-corrected chi connectivity index (χ0v) is 8.74. The summed E-state index contributed by atoms with van der Waals surface area (Å²) in [4.78, 5) is 10.9. The van der Waals surface area contributed by atoms with Gasteiger partial charge in [-0.15, -0.1) is 11.8 Å². The van der Waals surface area contributed by atoms with Gasteiger partial charge >= 0.3 is 5.97 Å². The molecule has 0 aromatic heterocycles. The van der Waals surface area contributed by atoms with E-state index in [1.165, 1.54) is 0 Å². The minimum Gasteiger partial charge on any atom is -0.447 e. The van der Waals surface area contributed by atoms with Crippen LogP contribution in [0.3, 0.4) is 0 Å². The molecule has 70 valence electrons. The lowest BCUT2D eigenvalue weighted by atomic mass is 10.2. The first-order valence-corrected chi connectivity index (χ1v) is 5.36. The van der Waals surface area contributed by atoms with Gasteiger partial charge in [0.1, 0.15) is 5.25 Å². The van der Waals surface area contributed by atoms with Gasteiger partial charge < -0.3 is 4.74 Å². The molecule has 0 amide bonds. The highest BCUT2D eigenvalue weighted by atomic mass is 32.2. The van der Waals surface area contributed by atoms with Gasteiger partial charge in [0.05, 0.1) is 0 Å². The monoisotopic (exact) mass is 188 g/mol. The molecule has 3 heteroatoms. The van der Waals surface area contributed by atoms with E-state index in [1.54, 1.807) is 11.8 Å². The van der Waals surface area contributed by atoms with E-state index in [4.69, 9.17) is 4.74 Å². The standard InChI is InChI=1S/C9H16O2S/c1-4-5-6-9(3)11-8(10)7(2)12-9/h7H,4-6H2,1-3H3. The first-order chi connectivity index (χ1) is 5.57. The summed E-state index contributed by atoms with van der Waals surface area (Å²) < 4.78 is 5.29. The largest absolute Gasteiger partial charge is 0.447 e. The van der Waals surface area contributed by atoms with Crippen LogP contribution in [0, 0.1) is 0 Å². The number of ether oxygens (including phenoxy) is 1. The van der Waals surface area contributed by atoms with Crippen LogP contribution in [0.1, 0.15) is 40.0 Å². The van der Waals surface area contributed by atoms with Crippen LogP contribution in [0.5, 0.6) is 0 Å². The van der Waals surface area contributed by atoms with E-state index in [0.717, 1.165) is 19.3 Å². The molecule has 1 fully saturated rings. The maximum atomic E-state index is 11.1. The number of rotatable bonds is 3. The number of unbranched alkanes of at least 4 members (excludes halogenated alkanes) is 1. The third kappa shape index (κ3) is 2.16. The first-order valence-electron chi connectivity index (χ1n) is 4.48. The summed E-state index contributed by atoms with van der Waals surface area (Å²) >= 11 is 1.64. The van der Waals surface area contributed by atoms with Crippen LogP contribution in [0.15, 0.2) is 0 Å². The molecule has 0 bridgehead atoms. The van der Waals surface area contributed by atoms with E-state index in [9.17, 15) is 4.79 Å². The third-order valence-corrected chi connectivity index (χ3v) is 3.39. The van der Waals surface area contributed by atoms with Crippen LogP contribution in [0.4, 0.5) is 0 Å². The Morgan fingerprint density at radius 1 is 1.67 bits per heavy atom. The Balaban J connectivity index is 2.46. The maximum Gasteiger partial charge on any atom is 0.320 e. The van der Waals surface area contributed by atoms with E-state index in [2.05, 4.69) is 6.92 Å². The zero-order valence-electron chi connectivity index (χ0n) is 7.92. The van der Waals surface area contributed by atoms with Gasteiger partial charge in [-0.25, -0.2) is 0 Å². The predicted molar refractivity (Wildman–Crippen MR) is 51.1 cm³/mol. The topological polar surface area (TPSA) is 26.3 Å². The minimum atomic E-state index is -0.244. The number of carbonyl (C=O) groups is 1. The van der Waals surface area contributed by atoms with Gasteiger partial charge in [0.25, 0.3) is 0 Å². The van der Waals surface area contributed by atoms with Crippen molar-refractivity contribution in [1.82, 2.24) is 0 Å². The average molecular weight is 188 g/mol. The van der Waals surface area contributed by atoms with Crippen molar-refractivity contribution in [2.24, 2.45) is 0 Å². The van der Waals surface area contributed by atoms with Gasteiger partial charge in [-0.1, -0.05) is 13.3 Å². The third-order valence-electron chi connectivity index (χ3n) is 2.06. The van der Waals surface area contributed by atoms with Gasteiger partial charge in [0, 0.05) is 0 Å². The van der Waals surface area contributed by atoms with Crippen molar-refractivity contribution in [2.45, 2.75) is 50.2 Å². The molecule has 1 heterocycles. The van der Waals surface area contributed by atoms with E-state index in [1.807, 2.05) is 13.8 Å². The van der Waals surface area contributed by atoms with Gasteiger partial charge in [-0.3, -0.25) is 4.79 Å². The van der Waals surface area contributed by atoms with Crippen molar-refractivity contribution in [3.63, 3.8) is 0 Å². The quantitative estimate of drug-likeness (QED) is 0.637. The number of carbonyl (C=O) groups excluding carboxylic acids is 1. The zero-order chi connectivity index (χ0) is 9.19. The molecule has 0 aromatic rings. The van der Waals surface area contributed by atoms with Crippen molar-refractivity contribution in [1.29, 1.82) is 0 Å². The molecule has 1 rings (SSSR count). The summed E-state index contributed by atoms with van der Waals surface area (Å²) in [6, 6.07) is 0. The molecule has 0 aromatic carbocycles. The van der Waals surface area contributed by atoms with Crippen molar-refractivity contribution < 1.29 is 9.53 Å². The van der Waals surface area contributed by atoms with E-state index in [0.29, 0.717) is 0 Å². The Morgan fingerprint density at radius 3 is 2.75 bits per heavy atom. The molecule has 2 atom stereocenters. The SMILES string of the molecule is CCCCC1(C)OC(=O)C(C)S1. The van der Waals surface area contributed by atoms with Gasteiger partial charge in [0.2, 0.25) is 0 Å². The second kappa shape index (κ2) is 3.69. The van der Waals surface area contributed by atoms with E-state index in [-0.39, 0.29) is 16.2 Å². The summed E-state index contributed by atoms with van der Waals surface area (Å²) in [7, 11) is 0. The van der Waals surface area contributed by atoms with Crippen LogP contribution in [-0.2, 0) is 9.53 Å². The van der Waals surface area contributed by atoms with Crippen molar-refractivity contribution >= 4 is 17.7 Å². The van der Waals surface area contributed by atoms with E-state index >= 15 is 0 Å². The van der Waals surface area contributed by atoms with Gasteiger partial charge in [-0.2, -0.15) is 0 Å². The van der Waals surface area contributed by atoms with Crippen molar-refractivity contribution in [3.8, 4) is 0 Å². The Bertz CT molecular complexity index is 181. The molecule has 0 radical (unpaired) electrons. The number of hydrogen-bond acceptors (Lipinski definition) is 3. The molecule has 1 saturated heterocycles. The van der Waals surface area contributed by atoms with Crippen molar-refractivity contribution in [2.75, 3.05) is 0 Å². The molecular weight excluding hydrogens is 172 g/mol. The van der Waals surface area contributed by atoms with Crippen LogP contribution in [0.2, 0.25) is 0 Å². The summed E-state index contributed by atoms with van der Waals surface area (Å²) in [6.45, 7) is 6.06. The van der Waals surface area contributed by atoms with Crippen LogP contribution in [0.25, 0.3) is 0 Å². The lowest BCUT2D eigenvalue weighted by molar-refractivity contribution is -0.146. The molecule has 0 saturated carbocycles. The fourth-order valence-electron chi connectivity index (χ4n) is 1.35. The summed E-state index contributed by atoms with van der Waals surface area (Å²) in [5.41, 5.74) is 0. The summed E-state index contributed by atoms with van der Waals surface area (Å²) in [6.07, 6.45) is 3.26. The number of cyclic esters (lactones) is 1. The van der Waals surface area contributed by atoms with Gasteiger partial charge in [0.15, 0.2) is 4.93 Å². The highest BCUT2D eigenvalue weighted by Crippen LogP contribution is 2.41. The molecule has 2 nitrogen and oxygen atoms in total. The summed E-state index contributed by atoms with van der Waals surface area (Å²) in [5.74, 6) is -0.0568. The fourth-order valence-corrected chi connectivity index (χ4v) is 2.63. The number of esters is 1. The molecule has 1 aliphatic heterocycles.